The minimum Gasteiger partial charge on any atom is -0.465 e. The second-order valence-electron chi connectivity index (χ2n) is 8.27. The highest BCUT2D eigenvalue weighted by molar-refractivity contribution is 5.95. The Morgan fingerprint density at radius 3 is 2.03 bits per heavy atom. The van der Waals surface area contributed by atoms with Gasteiger partial charge >= 0.3 is 5.97 Å². The summed E-state index contributed by atoms with van der Waals surface area (Å²) in [4.78, 5) is 27.9. The number of carbonyl (C=O) groups is 2. The normalized spacial score (nSPS) is 11.9. The molecule has 33 heavy (non-hydrogen) atoms. The summed E-state index contributed by atoms with van der Waals surface area (Å²) in [6.07, 6.45) is 0. The zero-order valence-corrected chi connectivity index (χ0v) is 19.5. The summed E-state index contributed by atoms with van der Waals surface area (Å²) in [6.45, 7) is 6.77. The molecule has 0 fully saturated rings. The van der Waals surface area contributed by atoms with E-state index in [1.54, 1.807) is 6.92 Å². The van der Waals surface area contributed by atoms with Crippen molar-refractivity contribution in [1.29, 1.82) is 0 Å². The number of nitrogens with one attached hydrogen (secondary N) is 1. The molecule has 1 N–H and O–H groups in total. The Morgan fingerprint density at radius 2 is 1.45 bits per heavy atom. The third kappa shape index (κ3) is 7.02. The highest BCUT2D eigenvalue weighted by atomic mass is 16.5. The lowest BCUT2D eigenvalue weighted by molar-refractivity contribution is -0.145. The summed E-state index contributed by atoms with van der Waals surface area (Å²) in [7, 11) is 0. The molecule has 3 aromatic rings. The van der Waals surface area contributed by atoms with Crippen LogP contribution in [0.15, 0.2) is 84.9 Å². The molecule has 0 radical (unpaired) electrons. The van der Waals surface area contributed by atoms with E-state index in [1.807, 2.05) is 89.8 Å². The molecule has 0 bridgehead atoms. The first-order valence-electron chi connectivity index (χ1n) is 11.4. The van der Waals surface area contributed by atoms with E-state index < -0.39 is 6.04 Å². The van der Waals surface area contributed by atoms with E-state index in [2.05, 4.69) is 19.2 Å². The molecule has 0 aromatic heterocycles. The largest absolute Gasteiger partial charge is 0.465 e. The van der Waals surface area contributed by atoms with Crippen LogP contribution in [0.4, 0.5) is 5.69 Å². The third-order valence-electron chi connectivity index (χ3n) is 5.44. The predicted octanol–water partition coefficient (Wildman–Crippen LogP) is 5.56. The van der Waals surface area contributed by atoms with Crippen molar-refractivity contribution in [2.75, 3.05) is 18.5 Å². The molecule has 172 valence electrons. The molecule has 1 atom stereocenters. The monoisotopic (exact) mass is 444 g/mol. The first kappa shape index (κ1) is 24.2. The van der Waals surface area contributed by atoms with Crippen LogP contribution in [0.25, 0.3) is 0 Å². The standard InChI is InChI=1S/C28H32N2O3/c1-4-33-26(31)20-30(19-22-11-7-5-8-12-22)27(24-13-9-6-10-14-24)28(32)29-25-17-15-23(16-18-25)21(2)3/h5-18,21,27H,4,19-20H2,1-3H3,(H,29,32). The van der Waals surface area contributed by atoms with E-state index in [0.29, 0.717) is 19.1 Å². The molecule has 5 nitrogen and oxygen atoms in total. The van der Waals surface area contributed by atoms with Crippen LogP contribution in [-0.4, -0.2) is 29.9 Å². The minimum absolute atomic E-state index is 0.00199. The van der Waals surface area contributed by atoms with Gasteiger partial charge in [-0.15, -0.1) is 0 Å². The van der Waals surface area contributed by atoms with E-state index in [1.165, 1.54) is 5.56 Å². The highest BCUT2D eigenvalue weighted by Gasteiger charge is 2.30. The van der Waals surface area contributed by atoms with Gasteiger partial charge in [-0.2, -0.15) is 0 Å². The topological polar surface area (TPSA) is 58.6 Å². The molecular formula is C28H32N2O3. The Bertz CT molecular complexity index is 1020. The van der Waals surface area contributed by atoms with Gasteiger partial charge in [0.15, 0.2) is 0 Å². The molecule has 1 amide bonds. The van der Waals surface area contributed by atoms with E-state index in [0.717, 1.165) is 16.8 Å². The smallest absolute Gasteiger partial charge is 0.320 e. The lowest BCUT2D eigenvalue weighted by atomic mass is 10.0. The van der Waals surface area contributed by atoms with Crippen LogP contribution in [0.5, 0.6) is 0 Å². The van der Waals surface area contributed by atoms with E-state index in [-0.39, 0.29) is 18.4 Å². The van der Waals surface area contributed by atoms with E-state index in [4.69, 9.17) is 4.74 Å². The number of hydrogen-bond donors (Lipinski definition) is 1. The summed E-state index contributed by atoms with van der Waals surface area (Å²) in [5, 5.41) is 3.05. The van der Waals surface area contributed by atoms with Crippen LogP contribution in [0.3, 0.4) is 0 Å². The number of nitrogens with zero attached hydrogens (tertiary/aromatic N) is 1. The number of esters is 1. The van der Waals surface area contributed by atoms with Crippen LogP contribution in [0.2, 0.25) is 0 Å². The SMILES string of the molecule is CCOC(=O)CN(Cc1ccccc1)C(C(=O)Nc1ccc(C(C)C)cc1)c1ccccc1. The maximum atomic E-state index is 13.6. The number of anilines is 1. The molecule has 0 aliphatic heterocycles. The summed E-state index contributed by atoms with van der Waals surface area (Å²) >= 11 is 0. The summed E-state index contributed by atoms with van der Waals surface area (Å²) in [5.41, 5.74) is 3.76. The van der Waals surface area contributed by atoms with Crippen LogP contribution in [0, 0.1) is 0 Å². The lowest BCUT2D eigenvalue weighted by Gasteiger charge is -2.30. The molecule has 5 heteroatoms. The molecule has 1 unspecified atom stereocenters. The second kappa shape index (κ2) is 12.0. The molecule has 0 saturated carbocycles. The quantitative estimate of drug-likeness (QED) is 0.416. The van der Waals surface area contributed by atoms with Gasteiger partial charge in [-0.1, -0.05) is 86.6 Å². The van der Waals surface area contributed by atoms with Gasteiger partial charge in [0, 0.05) is 12.2 Å². The molecule has 3 aromatic carbocycles. The average Bonchev–Trinajstić information content (AvgIpc) is 2.81. The molecule has 0 spiro atoms. The third-order valence-corrected chi connectivity index (χ3v) is 5.44. The first-order valence-corrected chi connectivity index (χ1v) is 11.4. The number of benzene rings is 3. The minimum atomic E-state index is -0.666. The van der Waals surface area contributed by atoms with Gasteiger partial charge in [0.25, 0.3) is 0 Å². The molecule has 0 aliphatic rings. The van der Waals surface area contributed by atoms with Gasteiger partial charge in [0.05, 0.1) is 13.2 Å². The van der Waals surface area contributed by atoms with E-state index in [9.17, 15) is 9.59 Å². The van der Waals surface area contributed by atoms with E-state index >= 15 is 0 Å². The summed E-state index contributed by atoms with van der Waals surface area (Å²) in [5.74, 6) is -0.139. The van der Waals surface area contributed by atoms with Crippen molar-refractivity contribution in [2.45, 2.75) is 39.3 Å². The van der Waals surface area contributed by atoms with Gasteiger partial charge < -0.3 is 10.1 Å². The van der Waals surface area contributed by atoms with Crippen LogP contribution in [0.1, 0.15) is 49.4 Å². The Morgan fingerprint density at radius 1 is 0.848 bits per heavy atom. The molecule has 3 rings (SSSR count). The van der Waals surface area contributed by atoms with Crippen molar-refractivity contribution in [3.05, 3.63) is 102 Å². The van der Waals surface area contributed by atoms with Crippen LogP contribution >= 0.6 is 0 Å². The van der Waals surface area contributed by atoms with Gasteiger partial charge in [-0.3, -0.25) is 14.5 Å². The Labute approximate surface area is 196 Å². The van der Waals surface area contributed by atoms with Crippen LogP contribution in [-0.2, 0) is 20.9 Å². The van der Waals surface area contributed by atoms with Crippen molar-refractivity contribution in [1.82, 2.24) is 4.90 Å². The Kier molecular flexibility index (Phi) is 8.79. The molecule has 0 saturated heterocycles. The van der Waals surface area contributed by atoms with Crippen molar-refractivity contribution < 1.29 is 14.3 Å². The number of carbonyl (C=O) groups excluding carboxylic acids is 2. The molecular weight excluding hydrogens is 412 g/mol. The van der Waals surface area contributed by atoms with Gasteiger partial charge in [-0.25, -0.2) is 0 Å². The molecule has 0 aliphatic carbocycles. The lowest BCUT2D eigenvalue weighted by Crippen LogP contribution is -2.40. The fourth-order valence-corrected chi connectivity index (χ4v) is 3.75. The molecule has 0 heterocycles. The first-order chi connectivity index (χ1) is 16.0. The number of ether oxygens (including phenoxy) is 1. The fraction of sp³-hybridized carbons (Fsp3) is 0.286. The Balaban J connectivity index is 1.92. The van der Waals surface area contributed by atoms with Gasteiger partial charge in [-0.05, 0) is 41.7 Å². The highest BCUT2D eigenvalue weighted by Crippen LogP contribution is 2.26. The summed E-state index contributed by atoms with van der Waals surface area (Å²) < 4.78 is 5.22. The zero-order valence-electron chi connectivity index (χ0n) is 19.5. The zero-order chi connectivity index (χ0) is 23.6. The van der Waals surface area contributed by atoms with Crippen LogP contribution < -0.4 is 5.32 Å². The van der Waals surface area contributed by atoms with Crippen molar-refractivity contribution >= 4 is 17.6 Å². The summed E-state index contributed by atoms with van der Waals surface area (Å²) in [6, 6.07) is 26.6. The van der Waals surface area contributed by atoms with Gasteiger partial charge in [0.1, 0.15) is 6.04 Å². The maximum Gasteiger partial charge on any atom is 0.320 e. The average molecular weight is 445 g/mol. The van der Waals surface area contributed by atoms with Gasteiger partial charge in [0.2, 0.25) is 5.91 Å². The number of amides is 1. The number of hydrogen-bond acceptors (Lipinski definition) is 4. The second-order valence-corrected chi connectivity index (χ2v) is 8.27. The maximum absolute atomic E-state index is 13.6. The van der Waals surface area contributed by atoms with Crippen molar-refractivity contribution in [3.8, 4) is 0 Å². The van der Waals surface area contributed by atoms with Crippen molar-refractivity contribution in [2.24, 2.45) is 0 Å². The Hall–Kier alpha value is -3.44. The number of rotatable bonds is 10. The van der Waals surface area contributed by atoms with Crippen molar-refractivity contribution in [3.63, 3.8) is 0 Å². The fourth-order valence-electron chi connectivity index (χ4n) is 3.75. The predicted molar refractivity (Wildman–Crippen MR) is 132 cm³/mol.